The van der Waals surface area contributed by atoms with Crippen molar-refractivity contribution in [1.29, 1.82) is 0 Å². The van der Waals surface area contributed by atoms with Crippen molar-refractivity contribution in [2.75, 3.05) is 4.90 Å². The Labute approximate surface area is 183 Å². The lowest BCUT2D eigenvalue weighted by atomic mass is 9.97. The van der Waals surface area contributed by atoms with Crippen LogP contribution in [0.15, 0.2) is 29.3 Å². The first-order valence-electron chi connectivity index (χ1n) is 10.8. The summed E-state index contributed by atoms with van der Waals surface area (Å²) in [5.74, 6) is 0.692. The summed E-state index contributed by atoms with van der Waals surface area (Å²) in [6, 6.07) is 4.61. The molecular weight excluding hydrogens is 414 g/mol. The van der Waals surface area contributed by atoms with E-state index in [0.29, 0.717) is 28.0 Å². The van der Waals surface area contributed by atoms with E-state index in [1.54, 1.807) is 11.6 Å². The number of nitrogens with zero attached hydrogens (tertiary/aromatic N) is 5. The molecule has 9 heteroatoms. The van der Waals surface area contributed by atoms with Crippen LogP contribution in [-0.2, 0) is 13.6 Å². The number of aromatic nitrogens is 5. The molecule has 0 spiro atoms. The maximum absolute atomic E-state index is 13.5. The number of fused-ring (bicyclic) bond motifs is 4. The summed E-state index contributed by atoms with van der Waals surface area (Å²) in [4.78, 5) is 23.8. The topological polar surface area (TPSA) is 97.8 Å². The molecule has 3 N–H and O–H groups in total. The molecule has 5 heterocycles. The van der Waals surface area contributed by atoms with Crippen LogP contribution in [0.25, 0.3) is 33.1 Å². The molecule has 2 fully saturated rings. The lowest BCUT2D eigenvalue weighted by Crippen LogP contribution is -2.40. The van der Waals surface area contributed by atoms with Gasteiger partial charge in [0.05, 0.1) is 15.9 Å². The number of aryl methyl sites for hydroxylation is 1. The summed E-state index contributed by atoms with van der Waals surface area (Å²) in [7, 11) is 1.79. The average molecular weight is 438 g/mol. The van der Waals surface area contributed by atoms with E-state index < -0.39 is 0 Å². The molecule has 2 bridgehead atoms. The van der Waals surface area contributed by atoms with Crippen molar-refractivity contribution in [3.05, 3.63) is 39.9 Å². The van der Waals surface area contributed by atoms with Gasteiger partial charge in [-0.3, -0.25) is 14.0 Å². The first kappa shape index (κ1) is 18.9. The van der Waals surface area contributed by atoms with Gasteiger partial charge in [0.25, 0.3) is 5.56 Å². The smallest absolute Gasteiger partial charge is 0.264 e. The van der Waals surface area contributed by atoms with E-state index in [0.717, 1.165) is 47.8 Å². The monoisotopic (exact) mass is 437 g/mol. The molecule has 1 aromatic carbocycles. The predicted octanol–water partition coefficient (Wildman–Crippen LogP) is 3.02. The fourth-order valence-electron chi connectivity index (χ4n) is 5.42. The maximum atomic E-state index is 13.5. The Morgan fingerprint density at radius 3 is 2.84 bits per heavy atom. The van der Waals surface area contributed by atoms with Crippen LogP contribution in [0, 0.1) is 0 Å². The number of benzene rings is 1. The maximum Gasteiger partial charge on any atom is 0.264 e. The molecule has 3 aromatic heterocycles. The molecule has 0 aliphatic carbocycles. The first-order chi connectivity index (χ1) is 15.0. The van der Waals surface area contributed by atoms with Gasteiger partial charge >= 0.3 is 0 Å². The quantitative estimate of drug-likeness (QED) is 0.513. The number of hydrogen-bond donors (Lipinski definition) is 2. The van der Waals surface area contributed by atoms with Crippen LogP contribution in [-0.4, -0.2) is 42.4 Å². The minimum absolute atomic E-state index is 0.0865. The minimum Gasteiger partial charge on any atom is -0.345 e. The van der Waals surface area contributed by atoms with Gasteiger partial charge < -0.3 is 15.6 Å². The molecule has 0 radical (unpaired) electrons. The molecule has 2 saturated heterocycles. The second-order valence-electron chi connectivity index (χ2n) is 8.65. The summed E-state index contributed by atoms with van der Waals surface area (Å²) >= 11 is 6.77. The third-order valence-electron chi connectivity index (χ3n) is 6.99. The number of hydrogen-bond acceptors (Lipinski definition) is 5. The van der Waals surface area contributed by atoms with Crippen molar-refractivity contribution in [3.63, 3.8) is 0 Å². The SMILES string of the molecule is CCn1cc2c(Cl)c(-c3c[nH]c4nc(N5C6CCC5[C@H](N)C6)n(C)c(=O)c34)ccc2n1. The number of nitrogens with two attached hydrogens (primary N) is 1. The van der Waals surface area contributed by atoms with Gasteiger partial charge in [-0.1, -0.05) is 17.7 Å². The number of H-pyrrole nitrogens is 1. The molecule has 8 nitrogen and oxygen atoms in total. The Balaban J connectivity index is 1.53. The molecule has 0 amide bonds. The van der Waals surface area contributed by atoms with Crippen molar-refractivity contribution in [2.24, 2.45) is 12.8 Å². The van der Waals surface area contributed by atoms with Crippen LogP contribution in [0.2, 0.25) is 5.02 Å². The zero-order chi connectivity index (χ0) is 21.4. The Bertz CT molecular complexity index is 1400. The molecule has 6 rings (SSSR count). The highest BCUT2D eigenvalue weighted by Gasteiger charge is 2.46. The van der Waals surface area contributed by atoms with Crippen molar-refractivity contribution in [1.82, 2.24) is 24.3 Å². The third-order valence-corrected chi connectivity index (χ3v) is 7.40. The predicted molar refractivity (Wildman–Crippen MR) is 123 cm³/mol. The molecule has 31 heavy (non-hydrogen) atoms. The fraction of sp³-hybridized carbons (Fsp3) is 0.409. The second-order valence-corrected chi connectivity index (χ2v) is 9.03. The normalized spacial score (nSPS) is 23.0. The zero-order valence-corrected chi connectivity index (χ0v) is 18.2. The summed E-state index contributed by atoms with van der Waals surface area (Å²) in [5, 5.41) is 6.53. The van der Waals surface area contributed by atoms with Gasteiger partial charge in [0, 0.05) is 60.6 Å². The van der Waals surface area contributed by atoms with E-state index in [4.69, 9.17) is 22.3 Å². The first-order valence-corrected chi connectivity index (χ1v) is 11.1. The highest BCUT2D eigenvalue weighted by Crippen LogP contribution is 2.40. The number of nitrogens with one attached hydrogen (secondary N) is 1. The van der Waals surface area contributed by atoms with Crippen molar-refractivity contribution >= 4 is 39.5 Å². The summed E-state index contributed by atoms with van der Waals surface area (Å²) in [6.07, 6.45) is 6.87. The standard InChI is InChI=1S/C22H24ClN7O/c1-3-29-10-14-16(27-29)6-5-12(19(14)23)13-9-25-20-18(13)21(31)28(2)22(26-20)30-11-4-7-17(30)15(24)8-11/h5-6,9-11,15,17,25H,3-4,7-8,24H2,1-2H3/t11?,15-,17?/m1/s1. The lowest BCUT2D eigenvalue weighted by molar-refractivity contribution is 0.503. The minimum atomic E-state index is -0.0865. The molecular formula is C22H24ClN7O. The zero-order valence-electron chi connectivity index (χ0n) is 17.5. The number of aromatic amines is 1. The molecule has 160 valence electrons. The van der Waals surface area contributed by atoms with Crippen molar-refractivity contribution in [2.45, 2.75) is 50.9 Å². The molecule has 4 aromatic rings. The molecule has 2 unspecified atom stereocenters. The van der Waals surface area contributed by atoms with E-state index in [9.17, 15) is 4.79 Å². The highest BCUT2D eigenvalue weighted by molar-refractivity contribution is 6.38. The van der Waals surface area contributed by atoms with Crippen molar-refractivity contribution in [3.8, 4) is 11.1 Å². The van der Waals surface area contributed by atoms with Gasteiger partial charge in [-0.25, -0.2) is 0 Å². The number of halogens is 1. The van der Waals surface area contributed by atoms with Gasteiger partial charge in [0.15, 0.2) is 0 Å². The van der Waals surface area contributed by atoms with E-state index in [2.05, 4.69) is 15.0 Å². The van der Waals surface area contributed by atoms with Gasteiger partial charge in [-0.15, -0.1) is 0 Å². The average Bonchev–Trinajstić information content (AvgIpc) is 3.52. The van der Waals surface area contributed by atoms with Crippen LogP contribution in [0.1, 0.15) is 26.2 Å². The number of rotatable bonds is 3. The van der Waals surface area contributed by atoms with Gasteiger partial charge in [-0.05, 0) is 32.3 Å². The summed E-state index contributed by atoms with van der Waals surface area (Å²) in [5.41, 5.74) is 9.20. The third kappa shape index (κ3) is 2.55. The molecule has 2 aliphatic heterocycles. The Morgan fingerprint density at radius 2 is 2.13 bits per heavy atom. The van der Waals surface area contributed by atoms with Crippen LogP contribution < -0.4 is 16.2 Å². The Kier molecular flexibility index (Phi) is 4.01. The Morgan fingerprint density at radius 1 is 1.29 bits per heavy atom. The Hall–Kier alpha value is -2.84. The molecule has 3 atom stereocenters. The number of anilines is 1. The van der Waals surface area contributed by atoms with Crippen molar-refractivity contribution < 1.29 is 0 Å². The van der Waals surface area contributed by atoms with Crippen LogP contribution >= 0.6 is 11.6 Å². The summed E-state index contributed by atoms with van der Waals surface area (Å²) in [6.45, 7) is 2.80. The van der Waals surface area contributed by atoms with E-state index >= 15 is 0 Å². The van der Waals surface area contributed by atoms with E-state index in [-0.39, 0.29) is 17.6 Å². The van der Waals surface area contributed by atoms with Gasteiger partial charge in [-0.2, -0.15) is 10.1 Å². The fourth-order valence-corrected chi connectivity index (χ4v) is 5.73. The molecule has 0 saturated carbocycles. The summed E-state index contributed by atoms with van der Waals surface area (Å²) < 4.78 is 3.52. The second kappa shape index (κ2) is 6.58. The highest BCUT2D eigenvalue weighted by atomic mass is 35.5. The largest absolute Gasteiger partial charge is 0.345 e. The van der Waals surface area contributed by atoms with Gasteiger partial charge in [0.1, 0.15) is 5.65 Å². The van der Waals surface area contributed by atoms with Crippen LogP contribution in [0.5, 0.6) is 0 Å². The van der Waals surface area contributed by atoms with Crippen LogP contribution in [0.4, 0.5) is 5.95 Å². The van der Waals surface area contributed by atoms with Gasteiger partial charge in [0.2, 0.25) is 5.95 Å². The van der Waals surface area contributed by atoms with E-state index in [1.165, 1.54) is 0 Å². The van der Waals surface area contributed by atoms with E-state index in [1.807, 2.05) is 36.1 Å². The lowest BCUT2D eigenvalue weighted by Gasteiger charge is -2.25. The van der Waals surface area contributed by atoms with Crippen LogP contribution in [0.3, 0.4) is 0 Å². The molecule has 2 aliphatic rings.